The van der Waals surface area contributed by atoms with E-state index in [2.05, 4.69) is 74.6 Å². The number of hydrogen-bond acceptors (Lipinski definition) is 7. The van der Waals surface area contributed by atoms with Crippen LogP contribution in [0.25, 0.3) is 0 Å². The standard InChI is InChI=1S/C51H94NO7P/c1-3-5-7-9-11-13-15-17-19-21-22-23-24-25-26-27-29-31-33-35-37-39-41-43-46-56-48-50(49-58-60(54,55)57-47-45-52)59-51(53)44-42-40-38-36-34-32-30-28-20-18-16-14-12-10-8-6-4-2/h12,14-15,17-18,20-22,24-25,50H,3-11,13,16,19,23,26-49,52H2,1-2H3,(H,54,55)/b14-12-,17-15-,20-18-,22-21-,25-24-. The number of phosphoric ester groups is 1. The summed E-state index contributed by atoms with van der Waals surface area (Å²) in [6.07, 6.45) is 59.6. The number of rotatable bonds is 47. The minimum Gasteiger partial charge on any atom is -0.457 e. The Kier molecular flexibility index (Phi) is 46.8. The van der Waals surface area contributed by atoms with Crippen LogP contribution in [0.15, 0.2) is 60.8 Å². The minimum absolute atomic E-state index is 0.0958. The molecule has 0 saturated carbocycles. The van der Waals surface area contributed by atoms with Gasteiger partial charge in [0, 0.05) is 19.6 Å². The number of hydrogen-bond donors (Lipinski definition) is 2. The average Bonchev–Trinajstić information content (AvgIpc) is 3.24. The number of carbonyl (C=O) groups excluding carboxylic acids is 1. The van der Waals surface area contributed by atoms with Gasteiger partial charge in [0.25, 0.3) is 0 Å². The maximum absolute atomic E-state index is 12.6. The lowest BCUT2D eigenvalue weighted by molar-refractivity contribution is -0.154. The van der Waals surface area contributed by atoms with E-state index in [1.165, 1.54) is 141 Å². The predicted molar refractivity (Wildman–Crippen MR) is 256 cm³/mol. The van der Waals surface area contributed by atoms with Crippen LogP contribution >= 0.6 is 7.82 Å². The molecule has 0 aliphatic carbocycles. The summed E-state index contributed by atoms with van der Waals surface area (Å²) in [6.45, 7) is 4.87. The smallest absolute Gasteiger partial charge is 0.457 e. The van der Waals surface area contributed by atoms with E-state index in [0.29, 0.717) is 13.0 Å². The molecule has 3 N–H and O–H groups in total. The van der Waals surface area contributed by atoms with Crippen molar-refractivity contribution in [2.75, 3.05) is 33.0 Å². The third-order valence-corrected chi connectivity index (χ3v) is 11.4. The van der Waals surface area contributed by atoms with Crippen LogP contribution in [-0.4, -0.2) is 49.9 Å². The van der Waals surface area contributed by atoms with Crippen molar-refractivity contribution >= 4 is 13.8 Å². The summed E-state index contributed by atoms with van der Waals surface area (Å²) >= 11 is 0. The predicted octanol–water partition coefficient (Wildman–Crippen LogP) is 15.3. The molecule has 0 rings (SSSR count). The largest absolute Gasteiger partial charge is 0.472 e. The molecule has 60 heavy (non-hydrogen) atoms. The molecule has 0 spiro atoms. The zero-order chi connectivity index (χ0) is 43.7. The Balaban J connectivity index is 3.98. The third-order valence-electron chi connectivity index (χ3n) is 10.4. The minimum atomic E-state index is -4.29. The zero-order valence-electron chi connectivity index (χ0n) is 38.9. The highest BCUT2D eigenvalue weighted by molar-refractivity contribution is 7.47. The molecular formula is C51H94NO7P. The second-order valence-electron chi connectivity index (χ2n) is 16.3. The summed E-state index contributed by atoms with van der Waals surface area (Å²) in [7, 11) is -4.29. The van der Waals surface area contributed by atoms with Gasteiger partial charge >= 0.3 is 13.8 Å². The molecule has 2 atom stereocenters. The fourth-order valence-corrected chi connectivity index (χ4v) is 7.51. The van der Waals surface area contributed by atoms with Gasteiger partial charge in [0.2, 0.25) is 0 Å². The van der Waals surface area contributed by atoms with Gasteiger partial charge in [0.1, 0.15) is 6.10 Å². The van der Waals surface area contributed by atoms with Gasteiger partial charge in [-0.2, -0.15) is 0 Å². The Morgan fingerprint density at radius 2 is 0.883 bits per heavy atom. The molecule has 0 aromatic heterocycles. The molecule has 0 saturated heterocycles. The molecule has 0 bridgehead atoms. The molecule has 2 unspecified atom stereocenters. The number of carbonyl (C=O) groups is 1. The second kappa shape index (κ2) is 48.2. The van der Waals surface area contributed by atoms with E-state index in [1.54, 1.807) is 0 Å². The lowest BCUT2D eigenvalue weighted by Crippen LogP contribution is -2.28. The summed E-state index contributed by atoms with van der Waals surface area (Å²) in [5.41, 5.74) is 5.38. The molecular weight excluding hydrogens is 770 g/mol. The first-order valence-electron chi connectivity index (χ1n) is 24.8. The Morgan fingerprint density at radius 1 is 0.500 bits per heavy atom. The molecule has 8 nitrogen and oxygen atoms in total. The van der Waals surface area contributed by atoms with E-state index in [1.807, 2.05) is 0 Å². The number of allylic oxidation sites excluding steroid dienone is 10. The molecule has 350 valence electrons. The number of phosphoric acid groups is 1. The zero-order valence-corrected chi connectivity index (χ0v) is 39.8. The highest BCUT2D eigenvalue weighted by Crippen LogP contribution is 2.43. The summed E-state index contributed by atoms with van der Waals surface area (Å²) in [5.74, 6) is -0.341. The van der Waals surface area contributed by atoms with Gasteiger partial charge in [-0.05, 0) is 83.5 Å². The first-order valence-corrected chi connectivity index (χ1v) is 26.3. The van der Waals surface area contributed by atoms with Crippen LogP contribution in [0, 0.1) is 0 Å². The van der Waals surface area contributed by atoms with Crippen LogP contribution in [0.4, 0.5) is 0 Å². The van der Waals surface area contributed by atoms with Gasteiger partial charge < -0.3 is 20.1 Å². The van der Waals surface area contributed by atoms with Crippen molar-refractivity contribution in [2.24, 2.45) is 5.73 Å². The summed E-state index contributed by atoms with van der Waals surface area (Å²) in [6, 6.07) is 0. The van der Waals surface area contributed by atoms with Crippen LogP contribution in [0.5, 0.6) is 0 Å². The van der Waals surface area contributed by atoms with Crippen LogP contribution in [0.3, 0.4) is 0 Å². The van der Waals surface area contributed by atoms with E-state index < -0.39 is 13.9 Å². The fourth-order valence-electron chi connectivity index (χ4n) is 6.74. The van der Waals surface area contributed by atoms with Crippen molar-refractivity contribution < 1.29 is 32.8 Å². The maximum Gasteiger partial charge on any atom is 0.472 e. The number of nitrogens with two attached hydrogens (primary N) is 1. The average molecular weight is 864 g/mol. The molecule has 0 aliphatic rings. The first kappa shape index (κ1) is 58.2. The fraction of sp³-hybridized carbons (Fsp3) is 0.784. The van der Waals surface area contributed by atoms with Gasteiger partial charge in [-0.3, -0.25) is 13.8 Å². The highest BCUT2D eigenvalue weighted by Gasteiger charge is 2.25. The first-order chi connectivity index (χ1) is 29.4. The highest BCUT2D eigenvalue weighted by atomic mass is 31.2. The Labute approximate surface area is 370 Å². The SMILES string of the molecule is CCCCC/C=C\C/C=C\CCCCCCCCCC(=O)OC(COCCCCCCCCCCC/C=C\C/C=C\C/C=C\CCCCCCC)COP(=O)(O)OCCN. The Hall–Kier alpha value is -1.80. The van der Waals surface area contributed by atoms with Crippen LogP contribution in [-0.2, 0) is 27.9 Å². The van der Waals surface area contributed by atoms with E-state index >= 15 is 0 Å². The van der Waals surface area contributed by atoms with Crippen molar-refractivity contribution in [2.45, 2.75) is 225 Å². The van der Waals surface area contributed by atoms with E-state index in [9.17, 15) is 14.3 Å². The molecule has 0 fully saturated rings. The quantitative estimate of drug-likeness (QED) is 0.0269. The summed E-state index contributed by atoms with van der Waals surface area (Å²) < 4.78 is 33.5. The monoisotopic (exact) mass is 864 g/mol. The van der Waals surface area contributed by atoms with Crippen molar-refractivity contribution in [3.05, 3.63) is 60.8 Å². The summed E-state index contributed by atoms with van der Waals surface area (Å²) in [5, 5.41) is 0. The number of unbranched alkanes of at least 4 members (excludes halogenated alkanes) is 24. The van der Waals surface area contributed by atoms with E-state index in [4.69, 9.17) is 24.3 Å². The Morgan fingerprint density at radius 3 is 1.35 bits per heavy atom. The van der Waals surface area contributed by atoms with Gasteiger partial charge in [-0.15, -0.1) is 0 Å². The van der Waals surface area contributed by atoms with Gasteiger partial charge in [0.05, 0.1) is 19.8 Å². The maximum atomic E-state index is 12.6. The third kappa shape index (κ3) is 47.3. The summed E-state index contributed by atoms with van der Waals surface area (Å²) in [4.78, 5) is 22.6. The molecule has 0 aromatic carbocycles. The van der Waals surface area contributed by atoms with Gasteiger partial charge in [-0.1, -0.05) is 190 Å². The van der Waals surface area contributed by atoms with Crippen LogP contribution < -0.4 is 5.73 Å². The lowest BCUT2D eigenvalue weighted by Gasteiger charge is -2.20. The molecule has 9 heteroatoms. The second-order valence-corrected chi connectivity index (χ2v) is 17.8. The van der Waals surface area contributed by atoms with Gasteiger partial charge in [-0.25, -0.2) is 4.57 Å². The van der Waals surface area contributed by atoms with Crippen molar-refractivity contribution in [3.8, 4) is 0 Å². The Bertz CT molecular complexity index is 1110. The van der Waals surface area contributed by atoms with E-state index in [0.717, 1.165) is 57.8 Å². The lowest BCUT2D eigenvalue weighted by atomic mass is 10.1. The number of ether oxygens (including phenoxy) is 2. The van der Waals surface area contributed by atoms with Gasteiger partial charge in [0.15, 0.2) is 0 Å². The van der Waals surface area contributed by atoms with Crippen LogP contribution in [0.2, 0.25) is 0 Å². The molecule has 0 amide bonds. The van der Waals surface area contributed by atoms with Crippen molar-refractivity contribution in [1.29, 1.82) is 0 Å². The molecule has 0 aliphatic heterocycles. The van der Waals surface area contributed by atoms with Crippen LogP contribution in [0.1, 0.15) is 219 Å². The molecule has 0 radical (unpaired) electrons. The van der Waals surface area contributed by atoms with E-state index in [-0.39, 0.29) is 32.3 Å². The molecule has 0 aromatic rings. The number of esters is 1. The molecule has 0 heterocycles. The topological polar surface area (TPSA) is 117 Å². The van der Waals surface area contributed by atoms with Crippen molar-refractivity contribution in [3.63, 3.8) is 0 Å². The normalized spacial score (nSPS) is 13.9. The van der Waals surface area contributed by atoms with Crippen molar-refractivity contribution in [1.82, 2.24) is 0 Å².